The first-order chi connectivity index (χ1) is 14.3. The Morgan fingerprint density at radius 1 is 1.13 bits per heavy atom. The molecular weight excluding hydrogens is 399 g/mol. The first-order valence-corrected chi connectivity index (χ1v) is 8.79. The third kappa shape index (κ3) is 3.97. The zero-order valence-corrected chi connectivity index (χ0v) is 15.9. The van der Waals surface area contributed by atoms with Crippen LogP contribution in [0.5, 0.6) is 5.75 Å². The molecule has 0 bridgehead atoms. The molecule has 154 valence electrons. The smallest absolute Gasteiger partial charge is 0.433 e. The Morgan fingerprint density at radius 3 is 2.60 bits per heavy atom. The molecule has 3 heterocycles. The fraction of sp³-hybridized carbons (Fsp3) is 0.150. The highest BCUT2D eigenvalue weighted by molar-refractivity contribution is 5.63. The molecule has 0 saturated carbocycles. The SMILES string of the molecule is COc1cc(Nc2nc(-c3ccco3)cc(C(F)(F)F)n2)ccc1-n1cnc(C)c1. The molecule has 0 atom stereocenters. The number of hydrogen-bond acceptors (Lipinski definition) is 6. The van der Waals surface area contributed by atoms with Crippen LogP contribution in [0.25, 0.3) is 17.1 Å². The van der Waals surface area contributed by atoms with Crippen LogP contribution in [0.3, 0.4) is 0 Å². The van der Waals surface area contributed by atoms with Crippen molar-refractivity contribution in [2.24, 2.45) is 0 Å². The molecule has 0 radical (unpaired) electrons. The summed E-state index contributed by atoms with van der Waals surface area (Å²) in [6.07, 6.45) is 0.198. The van der Waals surface area contributed by atoms with Crippen molar-refractivity contribution in [1.29, 1.82) is 0 Å². The summed E-state index contributed by atoms with van der Waals surface area (Å²) in [6.45, 7) is 1.86. The molecule has 10 heteroatoms. The minimum atomic E-state index is -4.64. The van der Waals surface area contributed by atoms with E-state index < -0.39 is 11.9 Å². The summed E-state index contributed by atoms with van der Waals surface area (Å²) in [5, 5.41) is 2.81. The van der Waals surface area contributed by atoms with Gasteiger partial charge in [-0.2, -0.15) is 13.2 Å². The quantitative estimate of drug-likeness (QED) is 0.494. The molecule has 0 spiro atoms. The highest BCUT2D eigenvalue weighted by Crippen LogP contribution is 2.33. The van der Waals surface area contributed by atoms with Gasteiger partial charge in [0.05, 0.1) is 31.1 Å². The van der Waals surface area contributed by atoms with Crippen LogP contribution in [0, 0.1) is 6.92 Å². The van der Waals surface area contributed by atoms with Gasteiger partial charge in [-0.15, -0.1) is 0 Å². The number of halogens is 3. The standard InChI is InChI=1S/C20H16F3N5O2/c1-12-10-28(11-24-12)15-6-5-13(8-17(15)29-2)25-19-26-14(16-4-3-7-30-16)9-18(27-19)20(21,22)23/h3-11H,1-2H3,(H,25,26,27). The maximum atomic E-state index is 13.3. The van der Waals surface area contributed by atoms with E-state index in [0.29, 0.717) is 11.4 Å². The van der Waals surface area contributed by atoms with Crippen molar-refractivity contribution in [2.45, 2.75) is 13.1 Å². The molecule has 4 aromatic rings. The van der Waals surface area contributed by atoms with Crippen molar-refractivity contribution in [3.8, 4) is 22.9 Å². The minimum absolute atomic E-state index is 0.0160. The van der Waals surface area contributed by atoms with Gasteiger partial charge in [0, 0.05) is 18.0 Å². The van der Waals surface area contributed by atoms with Gasteiger partial charge in [0.1, 0.15) is 11.4 Å². The van der Waals surface area contributed by atoms with Crippen LogP contribution >= 0.6 is 0 Å². The average molecular weight is 415 g/mol. The summed E-state index contributed by atoms with van der Waals surface area (Å²) in [5.74, 6) is 0.481. The van der Waals surface area contributed by atoms with Crippen molar-refractivity contribution in [1.82, 2.24) is 19.5 Å². The lowest BCUT2D eigenvalue weighted by atomic mass is 10.2. The van der Waals surface area contributed by atoms with Gasteiger partial charge in [0.25, 0.3) is 0 Å². The van der Waals surface area contributed by atoms with Gasteiger partial charge in [-0.05, 0) is 37.3 Å². The monoisotopic (exact) mass is 415 g/mol. The van der Waals surface area contributed by atoms with Gasteiger partial charge in [-0.25, -0.2) is 15.0 Å². The Labute approximate surface area is 169 Å². The number of furan rings is 1. The lowest BCUT2D eigenvalue weighted by Gasteiger charge is -2.13. The zero-order chi connectivity index (χ0) is 21.3. The van der Waals surface area contributed by atoms with Crippen molar-refractivity contribution < 1.29 is 22.3 Å². The molecule has 0 amide bonds. The van der Waals surface area contributed by atoms with Crippen LogP contribution in [0.1, 0.15) is 11.4 Å². The van der Waals surface area contributed by atoms with Crippen LogP contribution in [0.4, 0.5) is 24.8 Å². The van der Waals surface area contributed by atoms with Gasteiger partial charge >= 0.3 is 6.18 Å². The molecule has 0 unspecified atom stereocenters. The summed E-state index contributed by atoms with van der Waals surface area (Å²) in [4.78, 5) is 11.9. The zero-order valence-electron chi connectivity index (χ0n) is 15.9. The van der Waals surface area contributed by atoms with E-state index in [0.717, 1.165) is 17.4 Å². The molecule has 30 heavy (non-hydrogen) atoms. The third-order valence-electron chi connectivity index (χ3n) is 4.22. The van der Waals surface area contributed by atoms with Crippen molar-refractivity contribution in [3.05, 3.63) is 66.6 Å². The number of hydrogen-bond donors (Lipinski definition) is 1. The third-order valence-corrected chi connectivity index (χ3v) is 4.22. The van der Waals surface area contributed by atoms with E-state index in [4.69, 9.17) is 9.15 Å². The largest absolute Gasteiger partial charge is 0.494 e. The average Bonchev–Trinajstić information content (AvgIpc) is 3.39. The van der Waals surface area contributed by atoms with E-state index in [1.807, 2.05) is 13.1 Å². The predicted molar refractivity (Wildman–Crippen MR) is 103 cm³/mol. The molecule has 0 fully saturated rings. The second kappa shape index (κ2) is 7.54. The van der Waals surface area contributed by atoms with Gasteiger partial charge in [0.2, 0.25) is 5.95 Å². The molecular formula is C20H16F3N5O2. The maximum Gasteiger partial charge on any atom is 0.433 e. The van der Waals surface area contributed by atoms with Crippen LogP contribution in [-0.2, 0) is 6.18 Å². The van der Waals surface area contributed by atoms with Crippen LogP contribution in [-0.4, -0.2) is 26.6 Å². The number of rotatable bonds is 5. The topological polar surface area (TPSA) is 78.0 Å². The molecule has 0 aliphatic carbocycles. The number of anilines is 2. The van der Waals surface area contributed by atoms with E-state index in [2.05, 4.69) is 20.3 Å². The van der Waals surface area contributed by atoms with Gasteiger partial charge in [0.15, 0.2) is 11.5 Å². The molecule has 0 aliphatic rings. The molecule has 3 aromatic heterocycles. The van der Waals surface area contributed by atoms with Crippen molar-refractivity contribution >= 4 is 11.6 Å². The van der Waals surface area contributed by atoms with Crippen molar-refractivity contribution in [3.63, 3.8) is 0 Å². The van der Waals surface area contributed by atoms with Crippen molar-refractivity contribution in [2.75, 3.05) is 12.4 Å². The summed E-state index contributed by atoms with van der Waals surface area (Å²) < 4.78 is 52.3. The van der Waals surface area contributed by atoms with Crippen LogP contribution < -0.4 is 10.1 Å². The Hall–Kier alpha value is -3.82. The second-order valence-corrected chi connectivity index (χ2v) is 6.37. The second-order valence-electron chi connectivity index (χ2n) is 6.37. The van der Waals surface area contributed by atoms with E-state index in [-0.39, 0.29) is 17.4 Å². The number of methoxy groups -OCH3 is 1. The Kier molecular flexibility index (Phi) is 4.90. The highest BCUT2D eigenvalue weighted by atomic mass is 19.4. The summed E-state index contributed by atoms with van der Waals surface area (Å²) in [5.41, 5.74) is 0.954. The summed E-state index contributed by atoms with van der Waals surface area (Å²) >= 11 is 0. The number of aromatic nitrogens is 4. The van der Waals surface area contributed by atoms with Gasteiger partial charge < -0.3 is 19.0 Å². The molecule has 0 saturated heterocycles. The minimum Gasteiger partial charge on any atom is -0.494 e. The summed E-state index contributed by atoms with van der Waals surface area (Å²) in [7, 11) is 1.50. The van der Waals surface area contributed by atoms with Gasteiger partial charge in [-0.3, -0.25) is 0 Å². The van der Waals surface area contributed by atoms with E-state index in [9.17, 15) is 13.2 Å². The molecule has 0 aliphatic heterocycles. The Morgan fingerprint density at radius 2 is 1.97 bits per heavy atom. The number of aryl methyl sites for hydroxylation is 1. The summed E-state index contributed by atoms with van der Waals surface area (Å²) in [6, 6.07) is 9.01. The fourth-order valence-electron chi connectivity index (χ4n) is 2.85. The normalized spacial score (nSPS) is 11.5. The van der Waals surface area contributed by atoms with Gasteiger partial charge in [-0.1, -0.05) is 0 Å². The van der Waals surface area contributed by atoms with Crippen LogP contribution in [0.2, 0.25) is 0 Å². The molecule has 1 N–H and O–H groups in total. The Balaban J connectivity index is 1.71. The number of benzene rings is 1. The number of nitrogens with zero attached hydrogens (tertiary/aromatic N) is 4. The maximum absolute atomic E-state index is 13.3. The van der Waals surface area contributed by atoms with E-state index in [1.54, 1.807) is 35.2 Å². The number of nitrogens with one attached hydrogen (secondary N) is 1. The van der Waals surface area contributed by atoms with Crippen LogP contribution in [0.15, 0.2) is 59.6 Å². The first kappa shape index (κ1) is 19.5. The lowest BCUT2D eigenvalue weighted by Crippen LogP contribution is -2.11. The number of alkyl halides is 3. The molecule has 1 aromatic carbocycles. The highest BCUT2D eigenvalue weighted by Gasteiger charge is 2.34. The van der Waals surface area contributed by atoms with E-state index in [1.165, 1.54) is 19.4 Å². The number of ether oxygens (including phenoxy) is 1. The first-order valence-electron chi connectivity index (χ1n) is 8.79. The lowest BCUT2D eigenvalue weighted by molar-refractivity contribution is -0.141. The molecule has 7 nitrogen and oxygen atoms in total. The Bertz CT molecular complexity index is 1170. The van der Waals surface area contributed by atoms with E-state index >= 15 is 0 Å². The molecule has 4 rings (SSSR count). The predicted octanol–water partition coefficient (Wildman–Crippen LogP) is 5.00. The number of imidazole rings is 1. The fourth-order valence-corrected chi connectivity index (χ4v) is 2.85.